The Balaban J connectivity index is 1.69. The number of carbonyl (C=O) groups excluding carboxylic acids is 1. The van der Waals surface area contributed by atoms with Gasteiger partial charge in [-0.3, -0.25) is 9.59 Å². The third kappa shape index (κ3) is 2.42. The van der Waals surface area contributed by atoms with Crippen LogP contribution in [-0.2, 0) is 20.9 Å². The van der Waals surface area contributed by atoms with Crippen molar-refractivity contribution in [1.29, 1.82) is 0 Å². The average Bonchev–Trinajstić information content (AvgIpc) is 3.06. The quantitative estimate of drug-likeness (QED) is 0.814. The number of hydrogen-bond donors (Lipinski definition) is 2. The summed E-state index contributed by atoms with van der Waals surface area (Å²) < 4.78 is 18.9. The van der Waals surface area contributed by atoms with Crippen LogP contribution in [-0.4, -0.2) is 29.2 Å². The van der Waals surface area contributed by atoms with E-state index < -0.39 is 41.7 Å². The first-order chi connectivity index (χ1) is 10.1. The van der Waals surface area contributed by atoms with Crippen molar-refractivity contribution < 1.29 is 23.8 Å². The maximum atomic E-state index is 13.5. The number of amides is 1. The summed E-state index contributed by atoms with van der Waals surface area (Å²) in [4.78, 5) is 23.5. The number of ether oxygens (including phenoxy) is 1. The minimum Gasteiger partial charge on any atom is -0.481 e. The maximum absolute atomic E-state index is 13.5. The molecule has 5 nitrogen and oxygen atoms in total. The Kier molecular flexibility index (Phi) is 3.47. The van der Waals surface area contributed by atoms with Crippen molar-refractivity contribution in [3.05, 3.63) is 47.8 Å². The summed E-state index contributed by atoms with van der Waals surface area (Å²) in [6.45, 7) is 0.0233. The number of halogens is 1. The van der Waals surface area contributed by atoms with Gasteiger partial charge in [-0.2, -0.15) is 0 Å². The zero-order chi connectivity index (χ0) is 15.0. The standard InChI is InChI=1S/C15H14FNO4/c16-9-4-2-1-3-8(9)7-17-14(18)12-10-5-6-11(21-10)13(12)15(19)20/h1-6,10-13H,7H2,(H,17,18)(H,19,20)/t10-,11-,12-,13-/m0/s1. The van der Waals surface area contributed by atoms with Crippen LogP contribution >= 0.6 is 0 Å². The van der Waals surface area contributed by atoms with E-state index in [2.05, 4.69) is 5.32 Å². The molecule has 110 valence electrons. The number of nitrogens with one attached hydrogen (secondary N) is 1. The van der Waals surface area contributed by atoms with Gasteiger partial charge in [0.2, 0.25) is 5.91 Å². The van der Waals surface area contributed by atoms with Crippen LogP contribution < -0.4 is 5.32 Å². The van der Waals surface area contributed by atoms with Gasteiger partial charge in [-0.05, 0) is 6.07 Å². The van der Waals surface area contributed by atoms with Crippen molar-refractivity contribution in [3.63, 3.8) is 0 Å². The fourth-order valence-electron chi connectivity index (χ4n) is 2.86. The van der Waals surface area contributed by atoms with Gasteiger partial charge in [0.15, 0.2) is 0 Å². The first-order valence-electron chi connectivity index (χ1n) is 6.65. The maximum Gasteiger partial charge on any atom is 0.310 e. The third-order valence-corrected chi connectivity index (χ3v) is 3.90. The second-order valence-electron chi connectivity index (χ2n) is 5.15. The zero-order valence-corrected chi connectivity index (χ0v) is 11.0. The van der Waals surface area contributed by atoms with Gasteiger partial charge in [0.25, 0.3) is 0 Å². The highest BCUT2D eigenvalue weighted by molar-refractivity contribution is 5.87. The molecule has 6 heteroatoms. The van der Waals surface area contributed by atoms with Crippen molar-refractivity contribution in [2.24, 2.45) is 11.8 Å². The van der Waals surface area contributed by atoms with Gasteiger partial charge in [0.05, 0.1) is 18.1 Å². The van der Waals surface area contributed by atoms with E-state index in [1.165, 1.54) is 6.07 Å². The molecule has 1 aromatic rings. The Morgan fingerprint density at radius 1 is 1.19 bits per heavy atom. The van der Waals surface area contributed by atoms with Crippen LogP contribution in [0.2, 0.25) is 0 Å². The van der Waals surface area contributed by atoms with Crippen molar-refractivity contribution in [2.45, 2.75) is 18.8 Å². The molecule has 0 radical (unpaired) electrons. The number of hydrogen-bond acceptors (Lipinski definition) is 3. The van der Waals surface area contributed by atoms with Crippen LogP contribution in [0.3, 0.4) is 0 Å². The number of carbonyl (C=O) groups is 2. The normalized spacial score (nSPS) is 29.6. The van der Waals surface area contributed by atoms with Gasteiger partial charge in [-0.1, -0.05) is 30.4 Å². The average molecular weight is 291 g/mol. The van der Waals surface area contributed by atoms with E-state index in [1.54, 1.807) is 30.4 Å². The van der Waals surface area contributed by atoms with Gasteiger partial charge < -0.3 is 15.2 Å². The Morgan fingerprint density at radius 2 is 1.86 bits per heavy atom. The fraction of sp³-hybridized carbons (Fsp3) is 0.333. The second kappa shape index (κ2) is 5.29. The first kappa shape index (κ1) is 13.8. The lowest BCUT2D eigenvalue weighted by molar-refractivity contribution is -0.146. The molecule has 2 bridgehead atoms. The van der Waals surface area contributed by atoms with E-state index in [0.29, 0.717) is 5.56 Å². The Labute approximate surface area is 120 Å². The molecule has 1 fully saturated rings. The summed E-state index contributed by atoms with van der Waals surface area (Å²) in [6.07, 6.45) is 2.30. The second-order valence-corrected chi connectivity index (χ2v) is 5.15. The molecule has 2 N–H and O–H groups in total. The van der Waals surface area contributed by atoms with Crippen LogP contribution in [0.15, 0.2) is 36.4 Å². The smallest absolute Gasteiger partial charge is 0.310 e. The predicted molar refractivity (Wildman–Crippen MR) is 70.7 cm³/mol. The monoisotopic (exact) mass is 291 g/mol. The van der Waals surface area contributed by atoms with Crippen LogP contribution in [0.4, 0.5) is 4.39 Å². The van der Waals surface area contributed by atoms with Gasteiger partial charge >= 0.3 is 5.97 Å². The largest absolute Gasteiger partial charge is 0.481 e. The van der Waals surface area contributed by atoms with Crippen LogP contribution in [0.25, 0.3) is 0 Å². The van der Waals surface area contributed by atoms with E-state index in [-0.39, 0.29) is 6.54 Å². The van der Waals surface area contributed by atoms with E-state index >= 15 is 0 Å². The van der Waals surface area contributed by atoms with E-state index in [0.717, 1.165) is 0 Å². The SMILES string of the molecule is O=C(O)[C@@H]1[C@@H](C(=O)NCc2ccccc2F)[C@@H]2C=C[C@@H]1O2. The molecule has 21 heavy (non-hydrogen) atoms. The molecule has 3 rings (SSSR count). The first-order valence-corrected chi connectivity index (χ1v) is 6.65. The lowest BCUT2D eigenvalue weighted by Gasteiger charge is -2.21. The Morgan fingerprint density at radius 3 is 2.52 bits per heavy atom. The van der Waals surface area contributed by atoms with E-state index in [4.69, 9.17) is 4.74 Å². The molecule has 1 aromatic carbocycles. The molecule has 0 aliphatic carbocycles. The van der Waals surface area contributed by atoms with E-state index in [9.17, 15) is 19.1 Å². The minimum absolute atomic E-state index is 0.0233. The van der Waals surface area contributed by atoms with Crippen LogP contribution in [0, 0.1) is 17.7 Å². The Bertz CT molecular complexity index is 615. The summed E-state index contributed by atoms with van der Waals surface area (Å²) in [5, 5.41) is 11.8. The van der Waals surface area contributed by atoms with Gasteiger partial charge in [0.1, 0.15) is 11.7 Å². The molecule has 1 amide bonds. The zero-order valence-electron chi connectivity index (χ0n) is 11.0. The number of carboxylic acid groups (broad SMARTS) is 1. The number of benzene rings is 1. The molecule has 0 saturated carbocycles. The third-order valence-electron chi connectivity index (χ3n) is 3.90. The summed E-state index contributed by atoms with van der Waals surface area (Å²) in [5.41, 5.74) is 0.359. The molecule has 2 heterocycles. The molecule has 0 unspecified atom stereocenters. The number of carboxylic acids is 1. The summed E-state index contributed by atoms with van der Waals surface area (Å²) >= 11 is 0. The van der Waals surface area contributed by atoms with Crippen molar-refractivity contribution in [1.82, 2.24) is 5.32 Å². The highest BCUT2D eigenvalue weighted by atomic mass is 19.1. The van der Waals surface area contributed by atoms with Gasteiger partial charge in [0, 0.05) is 12.1 Å². The van der Waals surface area contributed by atoms with E-state index in [1.807, 2.05) is 0 Å². The van der Waals surface area contributed by atoms with Gasteiger partial charge in [-0.25, -0.2) is 4.39 Å². The van der Waals surface area contributed by atoms with Crippen molar-refractivity contribution >= 4 is 11.9 Å². The van der Waals surface area contributed by atoms with Crippen LogP contribution in [0.5, 0.6) is 0 Å². The summed E-state index contributed by atoms with van der Waals surface area (Å²) in [6, 6.07) is 6.12. The highest BCUT2D eigenvalue weighted by Crippen LogP contribution is 2.39. The molecule has 2 aliphatic rings. The van der Waals surface area contributed by atoms with Crippen LogP contribution in [0.1, 0.15) is 5.56 Å². The fourth-order valence-corrected chi connectivity index (χ4v) is 2.86. The molecule has 4 atom stereocenters. The molecule has 2 aliphatic heterocycles. The number of aliphatic carboxylic acids is 1. The topological polar surface area (TPSA) is 75.6 Å². The predicted octanol–water partition coefficient (Wildman–Crippen LogP) is 1.10. The highest BCUT2D eigenvalue weighted by Gasteiger charge is 2.53. The Hall–Kier alpha value is -2.21. The number of fused-ring (bicyclic) bond motifs is 2. The van der Waals surface area contributed by atoms with Crippen molar-refractivity contribution in [2.75, 3.05) is 0 Å². The molecule has 0 aromatic heterocycles. The molecule has 1 saturated heterocycles. The van der Waals surface area contributed by atoms with Crippen molar-refractivity contribution in [3.8, 4) is 0 Å². The molecule has 0 spiro atoms. The lowest BCUT2D eigenvalue weighted by Crippen LogP contribution is -2.42. The summed E-state index contributed by atoms with van der Waals surface area (Å²) in [7, 11) is 0. The lowest BCUT2D eigenvalue weighted by atomic mass is 9.82. The minimum atomic E-state index is -1.06. The number of rotatable bonds is 4. The molecular weight excluding hydrogens is 277 g/mol. The van der Waals surface area contributed by atoms with Gasteiger partial charge in [-0.15, -0.1) is 0 Å². The summed E-state index contributed by atoms with van der Waals surface area (Å²) in [5.74, 6) is -3.55. The molecular formula is C15H14FNO4.